The summed E-state index contributed by atoms with van der Waals surface area (Å²) in [5.74, 6) is 0.691. The molecule has 1 N–H and O–H groups in total. The topological polar surface area (TPSA) is 56.2 Å². The molecule has 0 unspecified atom stereocenters. The number of aryl methyl sites for hydroxylation is 1. The zero-order chi connectivity index (χ0) is 20.3. The predicted molar refractivity (Wildman–Crippen MR) is 98.3 cm³/mol. The van der Waals surface area contributed by atoms with Gasteiger partial charge >= 0.3 is 6.18 Å². The number of para-hydroxylation sites is 1. The van der Waals surface area contributed by atoms with E-state index in [1.54, 1.807) is 26.0 Å². The normalized spacial score (nSPS) is 11.3. The number of carbonyl (C=O) groups excluding carboxylic acids is 1. The Bertz CT molecular complexity index is 982. The van der Waals surface area contributed by atoms with Gasteiger partial charge in [0.1, 0.15) is 18.0 Å². The number of hydrogen-bond donors (Lipinski definition) is 1. The van der Waals surface area contributed by atoms with Gasteiger partial charge in [0, 0.05) is 5.69 Å². The van der Waals surface area contributed by atoms with E-state index in [0.717, 1.165) is 12.1 Å². The highest BCUT2D eigenvalue weighted by Crippen LogP contribution is 2.31. The molecule has 0 spiro atoms. The van der Waals surface area contributed by atoms with E-state index in [1.165, 1.54) is 16.8 Å². The van der Waals surface area contributed by atoms with Crippen molar-refractivity contribution < 1.29 is 22.7 Å². The zero-order valence-corrected chi connectivity index (χ0v) is 15.2. The fourth-order valence-electron chi connectivity index (χ4n) is 2.70. The molecule has 0 radical (unpaired) electrons. The molecule has 0 aliphatic heterocycles. The van der Waals surface area contributed by atoms with Gasteiger partial charge in [-0.2, -0.15) is 18.3 Å². The van der Waals surface area contributed by atoms with Crippen molar-refractivity contribution in [3.63, 3.8) is 0 Å². The standard InChI is InChI=1S/C20H18F3N3O2/c1-13-19(28-17-9-4-3-5-10-17)14(2)26(25-13)12-18(27)24-16-8-6-7-15(11-16)20(21,22)23/h3-11H,12H2,1-2H3,(H,24,27). The first kappa shape index (κ1) is 19.5. The lowest BCUT2D eigenvalue weighted by atomic mass is 10.2. The number of nitrogens with zero attached hydrogens (tertiary/aromatic N) is 2. The molecule has 0 saturated carbocycles. The first-order chi connectivity index (χ1) is 13.2. The van der Waals surface area contributed by atoms with Crippen LogP contribution < -0.4 is 10.1 Å². The van der Waals surface area contributed by atoms with Crippen LogP contribution in [0.2, 0.25) is 0 Å². The zero-order valence-electron chi connectivity index (χ0n) is 15.2. The van der Waals surface area contributed by atoms with E-state index < -0.39 is 17.6 Å². The molecule has 0 aliphatic rings. The van der Waals surface area contributed by atoms with Gasteiger partial charge in [-0.25, -0.2) is 0 Å². The number of carbonyl (C=O) groups is 1. The van der Waals surface area contributed by atoms with Gasteiger partial charge in [-0.1, -0.05) is 24.3 Å². The summed E-state index contributed by atoms with van der Waals surface area (Å²) in [6.45, 7) is 3.36. The molecule has 1 aromatic heterocycles. The van der Waals surface area contributed by atoms with Crippen LogP contribution in [-0.4, -0.2) is 15.7 Å². The van der Waals surface area contributed by atoms with Gasteiger partial charge in [-0.3, -0.25) is 9.48 Å². The summed E-state index contributed by atoms with van der Waals surface area (Å²) < 4.78 is 45.7. The second kappa shape index (κ2) is 7.75. The lowest BCUT2D eigenvalue weighted by Gasteiger charge is -2.10. The molecule has 8 heteroatoms. The predicted octanol–water partition coefficient (Wildman–Crippen LogP) is 4.95. The Balaban J connectivity index is 1.72. The highest BCUT2D eigenvalue weighted by atomic mass is 19.4. The van der Waals surface area contributed by atoms with Gasteiger partial charge in [-0.05, 0) is 44.2 Å². The molecule has 0 aliphatic carbocycles. The fraction of sp³-hybridized carbons (Fsp3) is 0.200. The summed E-state index contributed by atoms with van der Waals surface area (Å²) in [6, 6.07) is 13.6. The van der Waals surface area contributed by atoms with E-state index in [4.69, 9.17) is 4.74 Å². The number of alkyl halides is 3. The summed E-state index contributed by atoms with van der Waals surface area (Å²) in [4.78, 5) is 12.3. The Morgan fingerprint density at radius 3 is 2.50 bits per heavy atom. The van der Waals surface area contributed by atoms with Gasteiger partial charge in [0.2, 0.25) is 5.91 Å². The highest BCUT2D eigenvalue weighted by molar-refractivity contribution is 5.90. The van der Waals surface area contributed by atoms with Crippen molar-refractivity contribution in [1.29, 1.82) is 0 Å². The average Bonchev–Trinajstić information content (AvgIpc) is 2.89. The number of hydrogen-bond acceptors (Lipinski definition) is 3. The maximum atomic E-state index is 12.8. The quantitative estimate of drug-likeness (QED) is 0.672. The number of ether oxygens (including phenoxy) is 1. The van der Waals surface area contributed by atoms with E-state index in [-0.39, 0.29) is 12.2 Å². The Hall–Kier alpha value is -3.29. The number of anilines is 1. The van der Waals surface area contributed by atoms with E-state index >= 15 is 0 Å². The molecule has 1 amide bonds. The lowest BCUT2D eigenvalue weighted by Crippen LogP contribution is -2.20. The summed E-state index contributed by atoms with van der Waals surface area (Å²) in [6.07, 6.45) is -4.47. The van der Waals surface area contributed by atoms with E-state index in [0.29, 0.717) is 22.9 Å². The van der Waals surface area contributed by atoms with Crippen molar-refractivity contribution in [2.75, 3.05) is 5.32 Å². The molecular weight excluding hydrogens is 371 g/mol. The minimum atomic E-state index is -4.47. The molecule has 1 heterocycles. The average molecular weight is 389 g/mol. The third-order valence-corrected chi connectivity index (χ3v) is 4.05. The van der Waals surface area contributed by atoms with Crippen LogP contribution in [0.3, 0.4) is 0 Å². The third kappa shape index (κ3) is 4.51. The second-order valence-corrected chi connectivity index (χ2v) is 6.20. The van der Waals surface area contributed by atoms with Crippen LogP contribution in [0.15, 0.2) is 54.6 Å². The molecular formula is C20H18F3N3O2. The number of benzene rings is 2. The molecule has 28 heavy (non-hydrogen) atoms. The molecule has 5 nitrogen and oxygen atoms in total. The molecule has 3 rings (SSSR count). The van der Waals surface area contributed by atoms with Crippen LogP contribution in [0, 0.1) is 13.8 Å². The van der Waals surface area contributed by atoms with Crippen molar-refractivity contribution in [3.8, 4) is 11.5 Å². The molecule has 2 aromatic carbocycles. The Labute approximate surface area is 159 Å². The summed E-state index contributed by atoms with van der Waals surface area (Å²) in [5, 5.41) is 6.76. The van der Waals surface area contributed by atoms with Gasteiger partial charge in [0.05, 0.1) is 11.3 Å². The number of amides is 1. The minimum absolute atomic E-state index is 0.0714. The van der Waals surface area contributed by atoms with Gasteiger partial charge in [0.15, 0.2) is 5.75 Å². The Morgan fingerprint density at radius 2 is 1.82 bits per heavy atom. The van der Waals surface area contributed by atoms with E-state index in [1.807, 2.05) is 18.2 Å². The van der Waals surface area contributed by atoms with Crippen LogP contribution in [0.1, 0.15) is 17.0 Å². The maximum absolute atomic E-state index is 12.8. The fourth-order valence-corrected chi connectivity index (χ4v) is 2.70. The van der Waals surface area contributed by atoms with Gasteiger partial charge in [-0.15, -0.1) is 0 Å². The van der Waals surface area contributed by atoms with Crippen molar-refractivity contribution in [2.45, 2.75) is 26.6 Å². The SMILES string of the molecule is Cc1nn(CC(=O)Nc2cccc(C(F)(F)F)c2)c(C)c1Oc1ccccc1. The summed E-state index contributed by atoms with van der Waals surface area (Å²) >= 11 is 0. The molecule has 0 saturated heterocycles. The largest absolute Gasteiger partial charge is 0.453 e. The molecule has 146 valence electrons. The van der Waals surface area contributed by atoms with Crippen LogP contribution in [0.25, 0.3) is 0 Å². The van der Waals surface area contributed by atoms with Crippen LogP contribution >= 0.6 is 0 Å². The number of halogens is 3. The first-order valence-corrected chi connectivity index (χ1v) is 8.48. The summed E-state index contributed by atoms with van der Waals surface area (Å²) in [7, 11) is 0. The number of aromatic nitrogens is 2. The van der Waals surface area contributed by atoms with Crippen molar-refractivity contribution >= 4 is 11.6 Å². The smallest absolute Gasteiger partial charge is 0.416 e. The summed E-state index contributed by atoms with van der Waals surface area (Å²) in [5.41, 5.74) is 0.492. The highest BCUT2D eigenvalue weighted by Gasteiger charge is 2.30. The van der Waals surface area contributed by atoms with Crippen molar-refractivity contribution in [1.82, 2.24) is 9.78 Å². The van der Waals surface area contributed by atoms with Crippen LogP contribution in [0.5, 0.6) is 11.5 Å². The van der Waals surface area contributed by atoms with Gasteiger partial charge < -0.3 is 10.1 Å². The third-order valence-electron chi connectivity index (χ3n) is 4.05. The second-order valence-electron chi connectivity index (χ2n) is 6.20. The minimum Gasteiger partial charge on any atom is -0.453 e. The van der Waals surface area contributed by atoms with Gasteiger partial charge in [0.25, 0.3) is 0 Å². The van der Waals surface area contributed by atoms with Crippen LogP contribution in [0.4, 0.5) is 18.9 Å². The van der Waals surface area contributed by atoms with Crippen molar-refractivity contribution in [3.05, 3.63) is 71.5 Å². The van der Waals surface area contributed by atoms with Crippen molar-refractivity contribution in [2.24, 2.45) is 0 Å². The molecule has 3 aromatic rings. The molecule has 0 atom stereocenters. The molecule has 0 fully saturated rings. The first-order valence-electron chi connectivity index (χ1n) is 8.48. The molecule has 0 bridgehead atoms. The van der Waals surface area contributed by atoms with E-state index in [2.05, 4.69) is 10.4 Å². The van der Waals surface area contributed by atoms with E-state index in [9.17, 15) is 18.0 Å². The number of rotatable bonds is 5. The Kier molecular flexibility index (Phi) is 5.39. The lowest BCUT2D eigenvalue weighted by molar-refractivity contribution is -0.137. The maximum Gasteiger partial charge on any atom is 0.416 e. The van der Waals surface area contributed by atoms with Crippen LogP contribution in [-0.2, 0) is 17.5 Å². The Morgan fingerprint density at radius 1 is 1.11 bits per heavy atom. The number of nitrogens with one attached hydrogen (secondary N) is 1. The monoisotopic (exact) mass is 389 g/mol.